The molecule has 0 unspecified atom stereocenters. The van der Waals surface area contributed by atoms with E-state index in [1.165, 1.54) is 6.92 Å². The fourth-order valence-electron chi connectivity index (χ4n) is 0.160. The second kappa shape index (κ2) is 3.72. The Morgan fingerprint density at radius 2 is 2.12 bits per heavy atom. The monoisotopic (exact) mass is 122 g/mol. The maximum absolute atomic E-state index is 9.80. The molecule has 0 aromatic rings. The minimum absolute atomic E-state index is 0.0444. The van der Waals surface area contributed by atoms with Crippen LogP contribution in [0.3, 0.4) is 0 Å². The van der Waals surface area contributed by atoms with Crippen LogP contribution >= 0.6 is 0 Å². The maximum Gasteiger partial charge on any atom is 0.0661 e. The predicted octanol–water partition coefficient (Wildman–Crippen LogP) is -0.158. The molecule has 0 radical (unpaired) electrons. The van der Waals surface area contributed by atoms with Gasteiger partial charge in [0.25, 0.3) is 0 Å². The number of hydrogen-bond acceptors (Lipinski definition) is 6. The topological polar surface area (TPSA) is 82.1 Å². The van der Waals surface area contributed by atoms with Gasteiger partial charge in [0.05, 0.1) is 6.61 Å². The first-order valence-electron chi connectivity index (χ1n) is 1.94. The number of rotatable bonds is 3. The molecule has 0 saturated heterocycles. The van der Waals surface area contributed by atoms with Gasteiger partial charge in [-0.15, -0.1) is 0 Å². The van der Waals surface area contributed by atoms with Crippen LogP contribution in [0.15, 0.2) is 0 Å². The molecular weight excluding hydrogens is 116 g/mol. The predicted molar refractivity (Wildman–Crippen MR) is 23.8 cm³/mol. The van der Waals surface area contributed by atoms with Gasteiger partial charge in [-0.3, -0.25) is 4.84 Å². The van der Waals surface area contributed by atoms with E-state index in [2.05, 4.69) is 4.84 Å². The molecule has 8 heavy (non-hydrogen) atoms. The lowest BCUT2D eigenvalue weighted by Crippen LogP contribution is -2.30. The van der Waals surface area contributed by atoms with Crippen LogP contribution in [-0.2, 0) is 4.84 Å². The fourth-order valence-corrected chi connectivity index (χ4v) is 0.160. The van der Waals surface area contributed by atoms with Gasteiger partial charge in [0.2, 0.25) is 0 Å². The van der Waals surface area contributed by atoms with Crippen molar-refractivity contribution in [2.45, 2.75) is 6.92 Å². The summed E-state index contributed by atoms with van der Waals surface area (Å²) in [4.78, 5) is 3.94. The number of hydrazine groups is 1. The zero-order valence-corrected chi connectivity index (χ0v) is 4.27. The summed E-state index contributed by atoms with van der Waals surface area (Å²) >= 11 is 0. The minimum atomic E-state index is -0.941. The Labute approximate surface area is 45.9 Å². The largest absolute Gasteiger partial charge is 0.747 e. The Balaban J connectivity index is 3.17. The summed E-state index contributed by atoms with van der Waals surface area (Å²) in [7, 11) is 0. The van der Waals surface area contributed by atoms with Gasteiger partial charge in [-0.05, 0) is 6.92 Å². The van der Waals surface area contributed by atoms with E-state index in [0.29, 0.717) is 0 Å². The van der Waals surface area contributed by atoms with E-state index >= 15 is 0 Å². The lowest BCUT2D eigenvalue weighted by atomic mass is 10.9. The first-order chi connectivity index (χ1) is 3.68. The Morgan fingerprint density at radius 3 is 2.25 bits per heavy atom. The number of hydrogen-bond donors (Lipinski definition) is 1. The van der Waals surface area contributed by atoms with Crippen LogP contribution in [0.5, 0.6) is 0 Å². The molecular formula is C2H6N2O4-2. The molecule has 0 aromatic heterocycles. The van der Waals surface area contributed by atoms with Crippen LogP contribution in [0.25, 0.3) is 0 Å². The third-order valence-electron chi connectivity index (χ3n) is 0.379. The van der Waals surface area contributed by atoms with Gasteiger partial charge in [-0.25, -0.2) is 0 Å². The first kappa shape index (κ1) is 7.76. The van der Waals surface area contributed by atoms with E-state index in [1.54, 1.807) is 0 Å². The van der Waals surface area contributed by atoms with Crippen molar-refractivity contribution in [2.24, 2.45) is 0 Å². The lowest BCUT2D eigenvalue weighted by Gasteiger charge is -2.36. The Kier molecular flexibility index (Phi) is 3.61. The summed E-state index contributed by atoms with van der Waals surface area (Å²) < 4.78 is 0. The zero-order valence-electron chi connectivity index (χ0n) is 4.27. The average Bonchev–Trinajstić information content (AvgIpc) is 1.67. The number of nitrogens with zero attached hydrogens (tertiary/aromatic N) is 2. The van der Waals surface area contributed by atoms with Crippen LogP contribution in [-0.4, -0.2) is 22.5 Å². The van der Waals surface area contributed by atoms with Crippen LogP contribution < -0.4 is 0 Å². The van der Waals surface area contributed by atoms with Gasteiger partial charge in [-0.2, -0.15) is 10.7 Å². The van der Waals surface area contributed by atoms with E-state index in [9.17, 15) is 10.4 Å². The molecule has 0 spiro atoms. The summed E-state index contributed by atoms with van der Waals surface area (Å²) in [6, 6.07) is 0. The van der Waals surface area contributed by atoms with Crippen LogP contribution in [0.1, 0.15) is 6.92 Å². The minimum Gasteiger partial charge on any atom is -0.747 e. The van der Waals surface area contributed by atoms with Crippen molar-refractivity contribution in [3.63, 3.8) is 0 Å². The third kappa shape index (κ3) is 2.86. The van der Waals surface area contributed by atoms with Crippen LogP contribution in [0.2, 0.25) is 0 Å². The summed E-state index contributed by atoms with van der Waals surface area (Å²) in [5.74, 6) is 0. The molecule has 0 atom stereocenters. The molecule has 0 saturated carbocycles. The maximum atomic E-state index is 9.80. The standard InChI is InChI=1S/C2H6N2O4/c1-2-8-4(7)3(5)6/h5H,2H2,1H3/q-2. The molecule has 0 amide bonds. The smallest absolute Gasteiger partial charge is 0.0661 e. The molecule has 0 aromatic carbocycles. The molecule has 0 heterocycles. The molecule has 6 heteroatoms. The normalized spacial score (nSPS) is 11.2. The third-order valence-corrected chi connectivity index (χ3v) is 0.379. The summed E-state index contributed by atoms with van der Waals surface area (Å²) in [5.41, 5.74) is 0. The van der Waals surface area contributed by atoms with Crippen molar-refractivity contribution in [1.29, 1.82) is 0 Å². The van der Waals surface area contributed by atoms with Gasteiger partial charge < -0.3 is 15.6 Å². The summed E-state index contributed by atoms with van der Waals surface area (Å²) in [6.07, 6.45) is 0. The highest BCUT2D eigenvalue weighted by atomic mass is 17.0. The summed E-state index contributed by atoms with van der Waals surface area (Å²) in [6.45, 7) is 1.55. The van der Waals surface area contributed by atoms with Gasteiger partial charge in [0, 0.05) is 0 Å². The Morgan fingerprint density at radius 1 is 1.62 bits per heavy atom. The van der Waals surface area contributed by atoms with Crippen LogP contribution in [0.4, 0.5) is 0 Å². The molecule has 0 aliphatic carbocycles. The molecule has 0 bridgehead atoms. The van der Waals surface area contributed by atoms with Crippen molar-refractivity contribution in [2.75, 3.05) is 6.61 Å². The molecule has 0 rings (SSSR count). The average molecular weight is 122 g/mol. The molecule has 50 valence electrons. The Hall–Kier alpha value is -0.240. The van der Waals surface area contributed by atoms with E-state index in [4.69, 9.17) is 5.21 Å². The second-order valence-electron chi connectivity index (χ2n) is 0.908. The van der Waals surface area contributed by atoms with Crippen molar-refractivity contribution < 1.29 is 10.0 Å². The van der Waals surface area contributed by atoms with Gasteiger partial charge in [0.1, 0.15) is 0 Å². The first-order valence-corrected chi connectivity index (χ1v) is 1.94. The molecule has 1 N–H and O–H groups in total. The van der Waals surface area contributed by atoms with Crippen LogP contribution in [0, 0.1) is 10.4 Å². The quantitative estimate of drug-likeness (QED) is 0.524. The van der Waals surface area contributed by atoms with Crippen molar-refractivity contribution >= 4 is 0 Å². The van der Waals surface area contributed by atoms with E-state index in [1.807, 2.05) is 0 Å². The van der Waals surface area contributed by atoms with Crippen molar-refractivity contribution in [3.8, 4) is 0 Å². The fraction of sp³-hybridized carbons (Fsp3) is 1.00. The highest BCUT2D eigenvalue weighted by Gasteiger charge is 1.84. The summed E-state index contributed by atoms with van der Waals surface area (Å²) in [5, 5.41) is 25.5. The van der Waals surface area contributed by atoms with Crippen molar-refractivity contribution in [1.82, 2.24) is 10.7 Å². The molecule has 0 aliphatic rings. The highest BCUT2D eigenvalue weighted by molar-refractivity contribution is 4.30. The molecule has 6 nitrogen and oxygen atoms in total. The van der Waals surface area contributed by atoms with Gasteiger partial charge in [0.15, 0.2) is 0 Å². The molecule has 0 fully saturated rings. The van der Waals surface area contributed by atoms with Gasteiger partial charge >= 0.3 is 0 Å². The highest BCUT2D eigenvalue weighted by Crippen LogP contribution is 1.87. The Bertz CT molecular complexity index is 58.0. The SMILES string of the molecule is CCON([O-])N([O-])O. The van der Waals surface area contributed by atoms with E-state index in [-0.39, 0.29) is 6.61 Å². The second-order valence-corrected chi connectivity index (χ2v) is 0.908. The van der Waals surface area contributed by atoms with Crippen molar-refractivity contribution in [3.05, 3.63) is 10.4 Å². The molecule has 0 aliphatic heterocycles. The van der Waals surface area contributed by atoms with E-state index < -0.39 is 10.7 Å². The zero-order chi connectivity index (χ0) is 6.57. The lowest BCUT2D eigenvalue weighted by molar-refractivity contribution is -0.335. The van der Waals surface area contributed by atoms with E-state index in [0.717, 1.165) is 0 Å². The van der Waals surface area contributed by atoms with Gasteiger partial charge in [-0.1, -0.05) is 0 Å².